The fraction of sp³-hybridized carbons (Fsp3) is 0. The Bertz CT molecular complexity index is 617. The van der Waals surface area contributed by atoms with Crippen LogP contribution < -0.4 is 0 Å². The molecule has 2 rings (SSSR count). The lowest BCUT2D eigenvalue weighted by Crippen LogP contribution is -1.87. The highest BCUT2D eigenvalue weighted by Gasteiger charge is 2.09. The first-order chi connectivity index (χ1) is 8.11. The van der Waals surface area contributed by atoms with E-state index >= 15 is 0 Å². The molecule has 0 saturated carbocycles. The summed E-state index contributed by atoms with van der Waals surface area (Å²) >= 11 is 5.80. The van der Waals surface area contributed by atoms with Crippen molar-refractivity contribution in [1.82, 2.24) is 0 Å². The molecule has 0 unspecified atom stereocenters. The van der Waals surface area contributed by atoms with Crippen LogP contribution in [0.25, 0.3) is 11.1 Å². The normalized spacial score (nSPS) is 10.0. The Kier molecular flexibility index (Phi) is 3.08. The van der Waals surface area contributed by atoms with Crippen LogP contribution in [-0.2, 0) is 0 Å². The predicted molar refractivity (Wildman–Crippen MR) is 61.5 cm³/mol. The molecule has 0 saturated heterocycles. The standard InChI is InChI=1S/C13H6ClF2N/c14-13-11(2-1-3-12(13)16)9-4-8(7-17)5-10(15)6-9/h1-6H. The molecule has 2 aromatic carbocycles. The van der Waals surface area contributed by atoms with Gasteiger partial charge in [-0.3, -0.25) is 0 Å². The van der Waals surface area contributed by atoms with Gasteiger partial charge < -0.3 is 0 Å². The number of benzene rings is 2. The zero-order valence-corrected chi connectivity index (χ0v) is 9.30. The van der Waals surface area contributed by atoms with Crippen LogP contribution in [0, 0.1) is 23.0 Å². The first-order valence-electron chi connectivity index (χ1n) is 4.77. The van der Waals surface area contributed by atoms with Crippen LogP contribution in [0.5, 0.6) is 0 Å². The summed E-state index contributed by atoms with van der Waals surface area (Å²) in [5.74, 6) is -1.13. The minimum atomic E-state index is -0.577. The van der Waals surface area contributed by atoms with Crippen LogP contribution in [0.3, 0.4) is 0 Å². The molecule has 1 nitrogen and oxygen atoms in total. The van der Waals surface area contributed by atoms with Gasteiger partial charge in [-0.25, -0.2) is 8.78 Å². The monoisotopic (exact) mass is 249 g/mol. The van der Waals surface area contributed by atoms with Crippen LogP contribution in [0.15, 0.2) is 36.4 Å². The molecular weight excluding hydrogens is 244 g/mol. The summed E-state index contributed by atoms with van der Waals surface area (Å²) in [6.45, 7) is 0. The third-order valence-corrected chi connectivity index (χ3v) is 2.67. The van der Waals surface area contributed by atoms with Gasteiger partial charge in [0.05, 0.1) is 16.7 Å². The third-order valence-electron chi connectivity index (χ3n) is 2.29. The Morgan fingerprint density at radius 2 is 1.88 bits per heavy atom. The summed E-state index contributed by atoms with van der Waals surface area (Å²) in [4.78, 5) is 0. The maximum absolute atomic E-state index is 13.3. The molecule has 0 bridgehead atoms. The number of hydrogen-bond acceptors (Lipinski definition) is 1. The molecule has 0 aliphatic rings. The van der Waals surface area contributed by atoms with Gasteiger partial charge in [0.2, 0.25) is 0 Å². The molecule has 0 radical (unpaired) electrons. The highest BCUT2D eigenvalue weighted by molar-refractivity contribution is 6.33. The Labute approximate surface area is 102 Å². The van der Waals surface area contributed by atoms with Gasteiger partial charge in [0.25, 0.3) is 0 Å². The van der Waals surface area contributed by atoms with Crippen molar-refractivity contribution in [2.75, 3.05) is 0 Å². The molecule has 84 valence electrons. The summed E-state index contributed by atoms with van der Waals surface area (Å²) in [6.07, 6.45) is 0. The second-order valence-electron chi connectivity index (χ2n) is 3.44. The molecule has 0 heterocycles. The zero-order valence-electron chi connectivity index (χ0n) is 8.55. The number of nitrogens with zero attached hydrogens (tertiary/aromatic N) is 1. The number of rotatable bonds is 1. The van der Waals surface area contributed by atoms with Crippen LogP contribution in [-0.4, -0.2) is 0 Å². The van der Waals surface area contributed by atoms with E-state index in [1.807, 2.05) is 6.07 Å². The summed E-state index contributed by atoms with van der Waals surface area (Å²) in [6, 6.07) is 9.88. The topological polar surface area (TPSA) is 23.8 Å². The molecule has 0 aliphatic heterocycles. The molecule has 0 atom stereocenters. The van der Waals surface area contributed by atoms with E-state index in [0.29, 0.717) is 11.1 Å². The molecule has 0 aliphatic carbocycles. The summed E-state index contributed by atoms with van der Waals surface area (Å²) in [7, 11) is 0. The Morgan fingerprint density at radius 3 is 2.59 bits per heavy atom. The Balaban J connectivity index is 2.65. The lowest BCUT2D eigenvalue weighted by molar-refractivity contribution is 0.626. The van der Waals surface area contributed by atoms with E-state index in [2.05, 4.69) is 0 Å². The quantitative estimate of drug-likeness (QED) is 0.745. The van der Waals surface area contributed by atoms with E-state index in [0.717, 1.165) is 6.07 Å². The largest absolute Gasteiger partial charge is 0.207 e. The van der Waals surface area contributed by atoms with Crippen molar-refractivity contribution < 1.29 is 8.78 Å². The van der Waals surface area contributed by atoms with Crippen molar-refractivity contribution in [2.24, 2.45) is 0 Å². The van der Waals surface area contributed by atoms with Crippen molar-refractivity contribution in [1.29, 1.82) is 5.26 Å². The van der Waals surface area contributed by atoms with Gasteiger partial charge in [-0.15, -0.1) is 0 Å². The fourth-order valence-corrected chi connectivity index (χ4v) is 1.77. The van der Waals surface area contributed by atoms with Crippen molar-refractivity contribution in [3.8, 4) is 17.2 Å². The maximum atomic E-state index is 13.3. The molecule has 0 N–H and O–H groups in total. The molecule has 0 amide bonds. The van der Waals surface area contributed by atoms with Crippen molar-refractivity contribution in [3.63, 3.8) is 0 Å². The van der Waals surface area contributed by atoms with Crippen LogP contribution >= 0.6 is 11.6 Å². The number of halogens is 3. The minimum Gasteiger partial charge on any atom is -0.207 e. The van der Waals surface area contributed by atoms with E-state index < -0.39 is 11.6 Å². The lowest BCUT2D eigenvalue weighted by atomic mass is 10.0. The maximum Gasteiger partial charge on any atom is 0.142 e. The van der Waals surface area contributed by atoms with Crippen molar-refractivity contribution >= 4 is 11.6 Å². The Morgan fingerprint density at radius 1 is 1.12 bits per heavy atom. The van der Waals surface area contributed by atoms with Crippen LogP contribution in [0.4, 0.5) is 8.78 Å². The molecule has 0 fully saturated rings. The molecule has 4 heteroatoms. The van der Waals surface area contributed by atoms with E-state index in [-0.39, 0.29) is 10.6 Å². The second kappa shape index (κ2) is 4.52. The SMILES string of the molecule is N#Cc1cc(F)cc(-c2cccc(F)c2Cl)c1. The average molecular weight is 250 g/mol. The predicted octanol–water partition coefficient (Wildman–Crippen LogP) is 4.16. The van der Waals surface area contributed by atoms with Crippen molar-refractivity contribution in [2.45, 2.75) is 0 Å². The van der Waals surface area contributed by atoms with Gasteiger partial charge in [-0.05, 0) is 29.8 Å². The third kappa shape index (κ3) is 2.27. The van der Waals surface area contributed by atoms with E-state index in [1.165, 1.54) is 24.3 Å². The molecule has 0 spiro atoms. The summed E-state index contributed by atoms with van der Waals surface area (Å²) in [5.41, 5.74) is 0.911. The summed E-state index contributed by atoms with van der Waals surface area (Å²) in [5, 5.41) is 8.65. The van der Waals surface area contributed by atoms with Gasteiger partial charge >= 0.3 is 0 Å². The molecule has 2 aromatic rings. The molecule has 0 aromatic heterocycles. The number of hydrogen-bond donors (Lipinski definition) is 0. The van der Waals surface area contributed by atoms with E-state index in [4.69, 9.17) is 16.9 Å². The minimum absolute atomic E-state index is 0.0815. The molecular formula is C13H6ClF2N. The summed E-state index contributed by atoms with van der Waals surface area (Å²) < 4.78 is 26.5. The van der Waals surface area contributed by atoms with Gasteiger partial charge in [-0.2, -0.15) is 5.26 Å². The van der Waals surface area contributed by atoms with Crippen LogP contribution in [0.1, 0.15) is 5.56 Å². The fourth-order valence-electron chi connectivity index (χ4n) is 1.54. The van der Waals surface area contributed by atoms with E-state index in [1.54, 1.807) is 6.07 Å². The highest BCUT2D eigenvalue weighted by Crippen LogP contribution is 2.30. The molecule has 17 heavy (non-hydrogen) atoms. The van der Waals surface area contributed by atoms with Gasteiger partial charge in [-0.1, -0.05) is 23.7 Å². The first-order valence-corrected chi connectivity index (χ1v) is 5.14. The Hall–Kier alpha value is -1.92. The van der Waals surface area contributed by atoms with Gasteiger partial charge in [0.1, 0.15) is 11.6 Å². The van der Waals surface area contributed by atoms with Gasteiger partial charge in [0, 0.05) is 5.56 Å². The van der Waals surface area contributed by atoms with E-state index in [9.17, 15) is 8.78 Å². The lowest BCUT2D eigenvalue weighted by Gasteiger charge is -2.05. The zero-order chi connectivity index (χ0) is 12.4. The van der Waals surface area contributed by atoms with Crippen molar-refractivity contribution in [3.05, 3.63) is 58.6 Å². The smallest absolute Gasteiger partial charge is 0.142 e. The van der Waals surface area contributed by atoms with Gasteiger partial charge in [0.15, 0.2) is 0 Å². The number of nitriles is 1. The second-order valence-corrected chi connectivity index (χ2v) is 3.82. The first kappa shape index (κ1) is 11.6. The van der Waals surface area contributed by atoms with Crippen LogP contribution in [0.2, 0.25) is 5.02 Å². The highest BCUT2D eigenvalue weighted by atomic mass is 35.5. The average Bonchev–Trinajstić information content (AvgIpc) is 2.31.